The summed E-state index contributed by atoms with van der Waals surface area (Å²) in [4.78, 5) is 0. The molecular formula is C17H18N2O2S. The lowest BCUT2D eigenvalue weighted by atomic mass is 9.93. The molecule has 0 amide bonds. The Hall–Kier alpha value is -1.88. The van der Waals surface area contributed by atoms with E-state index in [1.165, 1.54) is 5.57 Å². The highest BCUT2D eigenvalue weighted by molar-refractivity contribution is 7.93. The molecule has 2 aromatic rings. The largest absolute Gasteiger partial charge is 0.241 e. The normalized spacial score (nSPS) is 26.5. The highest BCUT2D eigenvalue weighted by Crippen LogP contribution is 2.39. The lowest BCUT2D eigenvalue weighted by Gasteiger charge is -2.33. The van der Waals surface area contributed by atoms with E-state index in [0.29, 0.717) is 6.42 Å². The lowest BCUT2D eigenvalue weighted by Crippen LogP contribution is -2.38. The van der Waals surface area contributed by atoms with Gasteiger partial charge in [0.2, 0.25) is 0 Å². The Morgan fingerprint density at radius 1 is 1.14 bits per heavy atom. The minimum atomic E-state index is -2.94. The molecule has 2 aliphatic heterocycles. The summed E-state index contributed by atoms with van der Waals surface area (Å²) in [5.74, 6) is 0. The molecule has 3 heterocycles. The first kappa shape index (κ1) is 13.8. The van der Waals surface area contributed by atoms with Crippen molar-refractivity contribution in [1.29, 1.82) is 0 Å². The molecule has 114 valence electrons. The molecule has 4 rings (SSSR count). The van der Waals surface area contributed by atoms with Crippen LogP contribution in [0.4, 0.5) is 0 Å². The van der Waals surface area contributed by atoms with E-state index in [1.54, 1.807) is 6.20 Å². The first-order chi connectivity index (χ1) is 10.6. The Labute approximate surface area is 130 Å². The number of rotatable bonds is 2. The van der Waals surface area contributed by atoms with Crippen molar-refractivity contribution in [3.63, 3.8) is 0 Å². The van der Waals surface area contributed by atoms with E-state index in [0.717, 1.165) is 30.5 Å². The fourth-order valence-electron chi connectivity index (χ4n) is 3.52. The predicted octanol–water partition coefficient (Wildman–Crippen LogP) is 3.00. The summed E-state index contributed by atoms with van der Waals surface area (Å²) < 4.78 is 26.5. The topological polar surface area (TPSA) is 52.0 Å². The number of benzene rings is 1. The summed E-state index contributed by atoms with van der Waals surface area (Å²) in [5, 5.41) is 3.76. The molecule has 0 saturated carbocycles. The zero-order valence-electron chi connectivity index (χ0n) is 12.2. The van der Waals surface area contributed by atoms with Crippen molar-refractivity contribution in [3.05, 3.63) is 54.4 Å². The first-order valence-electron chi connectivity index (χ1n) is 7.68. The van der Waals surface area contributed by atoms with Gasteiger partial charge in [-0.2, -0.15) is 5.10 Å². The number of allylic oxidation sites excluding steroid dienone is 1. The van der Waals surface area contributed by atoms with E-state index in [2.05, 4.69) is 17.2 Å². The van der Waals surface area contributed by atoms with Crippen LogP contribution < -0.4 is 0 Å². The molecule has 22 heavy (non-hydrogen) atoms. The van der Waals surface area contributed by atoms with Gasteiger partial charge in [-0.25, -0.2) is 13.1 Å². The summed E-state index contributed by atoms with van der Waals surface area (Å²) in [6.45, 7) is 0. The van der Waals surface area contributed by atoms with Crippen LogP contribution >= 0.6 is 0 Å². The van der Waals surface area contributed by atoms with Crippen molar-refractivity contribution in [1.82, 2.24) is 9.78 Å². The predicted molar refractivity (Wildman–Crippen MR) is 86.5 cm³/mol. The molecule has 0 spiro atoms. The van der Waals surface area contributed by atoms with Crippen LogP contribution in [0.3, 0.4) is 0 Å². The van der Waals surface area contributed by atoms with E-state index in [-0.39, 0.29) is 10.5 Å². The Morgan fingerprint density at radius 2 is 1.95 bits per heavy atom. The molecule has 1 saturated heterocycles. The second-order valence-electron chi connectivity index (χ2n) is 6.07. The molecule has 2 atom stereocenters. The monoisotopic (exact) mass is 314 g/mol. The van der Waals surface area contributed by atoms with Gasteiger partial charge in [0, 0.05) is 12.4 Å². The highest BCUT2D eigenvalue weighted by Gasteiger charge is 2.40. The molecule has 5 heteroatoms. The average molecular weight is 314 g/mol. The van der Waals surface area contributed by atoms with Gasteiger partial charge in [0.05, 0.1) is 16.2 Å². The molecule has 1 aromatic carbocycles. The van der Waals surface area contributed by atoms with Crippen molar-refractivity contribution in [3.8, 4) is 5.69 Å². The smallest absolute Gasteiger partial charge is 0.159 e. The summed E-state index contributed by atoms with van der Waals surface area (Å²) >= 11 is 0. The van der Waals surface area contributed by atoms with Crippen molar-refractivity contribution < 1.29 is 8.42 Å². The SMILES string of the molecule is O=S1(=O)C2C=C(c3ccc(-n4cccn4)cc3)CC1CCC2. The maximum Gasteiger partial charge on any atom is 0.159 e. The minimum Gasteiger partial charge on any atom is -0.241 e. The minimum absolute atomic E-state index is 0.183. The maximum absolute atomic E-state index is 12.3. The zero-order chi connectivity index (χ0) is 15.2. The van der Waals surface area contributed by atoms with Gasteiger partial charge in [-0.15, -0.1) is 0 Å². The summed E-state index contributed by atoms with van der Waals surface area (Å²) in [6, 6.07) is 10.1. The number of aromatic nitrogens is 2. The highest BCUT2D eigenvalue weighted by atomic mass is 32.2. The van der Waals surface area contributed by atoms with Crippen molar-refractivity contribution in [2.24, 2.45) is 0 Å². The molecule has 1 aromatic heterocycles. The standard InChI is InChI=1S/C17H18N2O2S/c20-22(21)16-3-1-4-17(22)12-14(11-16)13-5-7-15(8-6-13)19-10-2-9-18-19/h2,5-11,16-17H,1,3-4,12H2. The van der Waals surface area contributed by atoms with E-state index in [1.807, 2.05) is 35.2 Å². The third kappa shape index (κ3) is 2.20. The number of nitrogens with zero attached hydrogens (tertiary/aromatic N) is 2. The number of hydrogen-bond acceptors (Lipinski definition) is 3. The van der Waals surface area contributed by atoms with Gasteiger partial charge in [0.15, 0.2) is 9.84 Å². The molecule has 0 aliphatic carbocycles. The van der Waals surface area contributed by atoms with Crippen LogP contribution in [0, 0.1) is 0 Å². The second-order valence-corrected chi connectivity index (χ2v) is 8.52. The molecule has 0 radical (unpaired) electrons. The van der Waals surface area contributed by atoms with Gasteiger partial charge in [-0.3, -0.25) is 0 Å². The van der Waals surface area contributed by atoms with Gasteiger partial charge in [0.1, 0.15) is 0 Å². The summed E-state index contributed by atoms with van der Waals surface area (Å²) in [7, 11) is -2.94. The van der Waals surface area contributed by atoms with E-state index < -0.39 is 9.84 Å². The molecule has 0 N–H and O–H groups in total. The van der Waals surface area contributed by atoms with Crippen LogP contribution in [-0.2, 0) is 9.84 Å². The van der Waals surface area contributed by atoms with E-state index in [4.69, 9.17) is 0 Å². The Balaban J connectivity index is 1.67. The molecule has 1 fully saturated rings. The molecular weight excluding hydrogens is 296 g/mol. The molecule has 2 unspecified atom stereocenters. The van der Waals surface area contributed by atoms with Gasteiger partial charge < -0.3 is 0 Å². The second kappa shape index (κ2) is 5.09. The molecule has 2 bridgehead atoms. The number of hydrogen-bond donors (Lipinski definition) is 0. The quantitative estimate of drug-likeness (QED) is 0.856. The molecule has 4 nitrogen and oxygen atoms in total. The molecule has 2 aliphatic rings. The third-order valence-corrected chi connectivity index (χ3v) is 7.29. The maximum atomic E-state index is 12.3. The Bertz CT molecular complexity index is 805. The van der Waals surface area contributed by atoms with E-state index in [9.17, 15) is 8.42 Å². The third-order valence-electron chi connectivity index (χ3n) is 4.74. The lowest BCUT2D eigenvalue weighted by molar-refractivity contribution is 0.518. The summed E-state index contributed by atoms with van der Waals surface area (Å²) in [5.41, 5.74) is 3.32. The van der Waals surface area contributed by atoms with Gasteiger partial charge in [0.25, 0.3) is 0 Å². The Morgan fingerprint density at radius 3 is 2.64 bits per heavy atom. The zero-order valence-corrected chi connectivity index (χ0v) is 13.0. The summed E-state index contributed by atoms with van der Waals surface area (Å²) in [6.07, 6.45) is 8.90. The van der Waals surface area contributed by atoms with Crippen LogP contribution in [0.2, 0.25) is 0 Å². The van der Waals surface area contributed by atoms with Crippen molar-refractivity contribution >= 4 is 15.4 Å². The van der Waals surface area contributed by atoms with Crippen molar-refractivity contribution in [2.45, 2.75) is 36.2 Å². The van der Waals surface area contributed by atoms with Crippen molar-refractivity contribution in [2.75, 3.05) is 0 Å². The number of sulfone groups is 1. The first-order valence-corrected chi connectivity index (χ1v) is 9.29. The Kier molecular flexibility index (Phi) is 3.18. The van der Waals surface area contributed by atoms with Gasteiger partial charge in [-0.1, -0.05) is 24.6 Å². The van der Waals surface area contributed by atoms with Crippen LogP contribution in [-0.4, -0.2) is 28.7 Å². The average Bonchev–Trinajstić information content (AvgIpc) is 3.00. The van der Waals surface area contributed by atoms with Crippen LogP contribution in [0.25, 0.3) is 11.3 Å². The van der Waals surface area contributed by atoms with Crippen LogP contribution in [0.1, 0.15) is 31.2 Å². The van der Waals surface area contributed by atoms with Crippen LogP contribution in [0.5, 0.6) is 0 Å². The van der Waals surface area contributed by atoms with E-state index >= 15 is 0 Å². The van der Waals surface area contributed by atoms with Gasteiger partial charge in [-0.05, 0) is 48.6 Å². The van der Waals surface area contributed by atoms with Gasteiger partial charge >= 0.3 is 0 Å². The fourth-order valence-corrected chi connectivity index (χ4v) is 5.77. The number of fused-ring (bicyclic) bond motifs is 2. The van der Waals surface area contributed by atoms with Crippen LogP contribution in [0.15, 0.2) is 48.8 Å². The fraction of sp³-hybridized carbons (Fsp3) is 0.353.